The van der Waals surface area contributed by atoms with Crippen LogP contribution in [-0.4, -0.2) is 0 Å². The average Bonchev–Trinajstić information content (AvgIpc) is 2.59. The van der Waals surface area contributed by atoms with E-state index in [9.17, 15) is 22.0 Å². The molecule has 0 saturated heterocycles. The van der Waals surface area contributed by atoms with Crippen LogP contribution in [-0.2, 0) is 6.42 Å². The Labute approximate surface area is 138 Å². The Morgan fingerprint density at radius 1 is 0.625 bits per heavy atom. The third-order valence-corrected chi connectivity index (χ3v) is 4.02. The molecule has 0 bridgehead atoms. The van der Waals surface area contributed by atoms with Crippen LogP contribution in [0.2, 0.25) is 0 Å². The van der Waals surface area contributed by atoms with Crippen LogP contribution in [0.3, 0.4) is 0 Å². The quantitative estimate of drug-likeness (QED) is 0.231. The Morgan fingerprint density at radius 3 is 1.67 bits per heavy atom. The molecule has 0 amide bonds. The second-order valence-corrected chi connectivity index (χ2v) is 5.81. The van der Waals surface area contributed by atoms with Gasteiger partial charge in [0, 0.05) is 0 Å². The molecule has 2 aromatic carbocycles. The number of halogens is 5. The molecule has 0 spiro atoms. The van der Waals surface area contributed by atoms with Gasteiger partial charge in [0.25, 0.3) is 0 Å². The van der Waals surface area contributed by atoms with Crippen LogP contribution in [0.5, 0.6) is 0 Å². The van der Waals surface area contributed by atoms with Gasteiger partial charge in [0.2, 0.25) is 5.82 Å². The number of unbranched alkanes of at least 4 members (excludes halogenated alkanes) is 4. The zero-order chi connectivity index (χ0) is 17.7. The molecule has 0 saturated carbocycles. The number of benzene rings is 2. The number of hydrogen-bond acceptors (Lipinski definition) is 0. The van der Waals surface area contributed by atoms with E-state index in [2.05, 4.69) is 6.92 Å². The summed E-state index contributed by atoms with van der Waals surface area (Å²) in [6.07, 6.45) is 6.45. The van der Waals surface area contributed by atoms with Gasteiger partial charge >= 0.3 is 0 Å². The van der Waals surface area contributed by atoms with Gasteiger partial charge in [-0.15, -0.1) is 0 Å². The summed E-state index contributed by atoms with van der Waals surface area (Å²) < 4.78 is 67.2. The van der Waals surface area contributed by atoms with Gasteiger partial charge in [-0.25, -0.2) is 22.0 Å². The Bertz CT molecular complexity index is 663. The number of aryl methyl sites for hydroxylation is 1. The highest BCUT2D eigenvalue weighted by molar-refractivity contribution is 5.65. The van der Waals surface area contributed by atoms with Crippen molar-refractivity contribution >= 4 is 0 Å². The molecule has 2 rings (SSSR count). The van der Waals surface area contributed by atoms with Crippen LogP contribution >= 0.6 is 0 Å². The van der Waals surface area contributed by atoms with Crippen LogP contribution in [0.4, 0.5) is 22.0 Å². The molecule has 24 heavy (non-hydrogen) atoms. The van der Waals surface area contributed by atoms with E-state index in [1.165, 1.54) is 25.0 Å². The van der Waals surface area contributed by atoms with Crippen molar-refractivity contribution in [3.05, 3.63) is 58.9 Å². The minimum Gasteiger partial charge on any atom is -0.203 e. The first-order valence-corrected chi connectivity index (χ1v) is 8.08. The largest absolute Gasteiger partial charge is 0.203 e. The fraction of sp³-hybridized carbons (Fsp3) is 0.368. The second-order valence-electron chi connectivity index (χ2n) is 5.81. The number of rotatable bonds is 7. The van der Waals surface area contributed by atoms with Crippen LogP contribution in [0, 0.1) is 29.1 Å². The van der Waals surface area contributed by atoms with Crippen LogP contribution in [0.15, 0.2) is 24.3 Å². The van der Waals surface area contributed by atoms with Crippen molar-refractivity contribution in [1.29, 1.82) is 0 Å². The van der Waals surface area contributed by atoms with Crippen molar-refractivity contribution in [1.82, 2.24) is 0 Å². The van der Waals surface area contributed by atoms with Gasteiger partial charge in [0.15, 0.2) is 23.3 Å². The molecule has 0 atom stereocenters. The highest BCUT2D eigenvalue weighted by Crippen LogP contribution is 2.31. The second kappa shape index (κ2) is 8.27. The lowest BCUT2D eigenvalue weighted by molar-refractivity contribution is 0.381. The van der Waals surface area contributed by atoms with E-state index in [0.717, 1.165) is 31.2 Å². The maximum Gasteiger partial charge on any atom is 0.200 e. The predicted molar refractivity (Wildman–Crippen MR) is 84.1 cm³/mol. The summed E-state index contributed by atoms with van der Waals surface area (Å²) in [6.45, 7) is 2.14. The van der Waals surface area contributed by atoms with Crippen LogP contribution in [0.25, 0.3) is 11.1 Å². The minimum absolute atomic E-state index is 0.0301. The molecule has 0 N–H and O–H groups in total. The van der Waals surface area contributed by atoms with Gasteiger partial charge < -0.3 is 0 Å². The van der Waals surface area contributed by atoms with Gasteiger partial charge in [-0.05, 0) is 24.0 Å². The topological polar surface area (TPSA) is 0 Å². The first-order chi connectivity index (χ1) is 11.5. The molecular formula is C19H19F5. The monoisotopic (exact) mass is 342 g/mol. The van der Waals surface area contributed by atoms with Gasteiger partial charge in [0.1, 0.15) is 0 Å². The molecule has 0 fully saturated rings. The first kappa shape index (κ1) is 18.4. The molecule has 0 radical (unpaired) electrons. The highest BCUT2D eigenvalue weighted by Gasteiger charge is 2.26. The minimum atomic E-state index is -2.14. The van der Waals surface area contributed by atoms with E-state index < -0.39 is 34.6 Å². The zero-order valence-electron chi connectivity index (χ0n) is 13.4. The molecule has 0 heterocycles. The zero-order valence-corrected chi connectivity index (χ0v) is 13.4. The molecule has 0 aromatic heterocycles. The standard InChI is InChI=1S/C19H19F5/c1-2-3-4-5-6-7-12-8-10-13(11-9-12)14-15(20)17(22)19(24)18(23)16(14)21/h8-11H,2-7H2,1H3. The molecule has 5 heteroatoms. The molecule has 130 valence electrons. The van der Waals surface area contributed by atoms with Gasteiger partial charge in [-0.3, -0.25) is 0 Å². The molecule has 2 aromatic rings. The summed E-state index contributed by atoms with van der Waals surface area (Å²) in [5, 5.41) is 0. The van der Waals surface area contributed by atoms with E-state index >= 15 is 0 Å². The van der Waals surface area contributed by atoms with E-state index in [0.29, 0.717) is 0 Å². The molecule has 0 aliphatic rings. The fourth-order valence-electron chi connectivity index (χ4n) is 2.63. The highest BCUT2D eigenvalue weighted by atomic mass is 19.2. The van der Waals surface area contributed by atoms with Crippen molar-refractivity contribution in [2.75, 3.05) is 0 Å². The van der Waals surface area contributed by atoms with E-state index in [-0.39, 0.29) is 5.56 Å². The summed E-state index contributed by atoms with van der Waals surface area (Å²) >= 11 is 0. The van der Waals surface area contributed by atoms with Crippen LogP contribution < -0.4 is 0 Å². The summed E-state index contributed by atoms with van der Waals surface area (Å²) in [6, 6.07) is 6.10. The SMILES string of the molecule is CCCCCCCc1ccc(-c2c(F)c(F)c(F)c(F)c2F)cc1. The van der Waals surface area contributed by atoms with Crippen molar-refractivity contribution in [2.45, 2.75) is 45.4 Å². The lowest BCUT2D eigenvalue weighted by atomic mass is 9.99. The van der Waals surface area contributed by atoms with Crippen molar-refractivity contribution in [2.24, 2.45) is 0 Å². The van der Waals surface area contributed by atoms with Gasteiger partial charge in [0.05, 0.1) is 5.56 Å². The molecular weight excluding hydrogens is 323 g/mol. The average molecular weight is 342 g/mol. The number of hydrogen-bond donors (Lipinski definition) is 0. The summed E-state index contributed by atoms with van der Waals surface area (Å²) in [5.41, 5.74) is 0.0533. The molecule has 0 unspecified atom stereocenters. The van der Waals surface area contributed by atoms with Gasteiger partial charge in [-0.1, -0.05) is 56.9 Å². The van der Waals surface area contributed by atoms with Gasteiger partial charge in [-0.2, -0.15) is 0 Å². The summed E-state index contributed by atoms with van der Waals surface area (Å²) in [5.74, 6) is -9.61. The Kier molecular flexibility index (Phi) is 6.35. The van der Waals surface area contributed by atoms with Crippen molar-refractivity contribution in [3.8, 4) is 11.1 Å². The van der Waals surface area contributed by atoms with Crippen LogP contribution in [0.1, 0.15) is 44.6 Å². The summed E-state index contributed by atoms with van der Waals surface area (Å²) in [4.78, 5) is 0. The predicted octanol–water partition coefficient (Wildman–Crippen LogP) is 6.56. The fourth-order valence-corrected chi connectivity index (χ4v) is 2.63. The smallest absolute Gasteiger partial charge is 0.200 e. The molecule has 0 aliphatic heterocycles. The lowest BCUT2D eigenvalue weighted by Crippen LogP contribution is -2.04. The summed E-state index contributed by atoms with van der Waals surface area (Å²) in [7, 11) is 0. The molecule has 0 aliphatic carbocycles. The van der Waals surface area contributed by atoms with E-state index in [1.54, 1.807) is 12.1 Å². The normalized spacial score (nSPS) is 11.1. The van der Waals surface area contributed by atoms with E-state index in [4.69, 9.17) is 0 Å². The maximum absolute atomic E-state index is 13.8. The van der Waals surface area contributed by atoms with Crippen molar-refractivity contribution in [3.63, 3.8) is 0 Å². The van der Waals surface area contributed by atoms with Crippen molar-refractivity contribution < 1.29 is 22.0 Å². The Morgan fingerprint density at radius 2 is 1.12 bits per heavy atom. The first-order valence-electron chi connectivity index (χ1n) is 8.08. The molecule has 0 nitrogen and oxygen atoms in total. The maximum atomic E-state index is 13.8. The third kappa shape index (κ3) is 3.94. The Hall–Kier alpha value is -1.91. The Balaban J connectivity index is 2.17. The van der Waals surface area contributed by atoms with E-state index in [1.807, 2.05) is 0 Å². The third-order valence-electron chi connectivity index (χ3n) is 4.02. The lowest BCUT2D eigenvalue weighted by Gasteiger charge is -2.09.